The molecule has 4 aromatic heterocycles. The van der Waals surface area contributed by atoms with Crippen molar-refractivity contribution in [2.75, 3.05) is 0 Å². The average Bonchev–Trinajstić information content (AvgIpc) is 3.95. The van der Waals surface area contributed by atoms with E-state index in [0.717, 1.165) is 68.7 Å². The van der Waals surface area contributed by atoms with Crippen molar-refractivity contribution in [3.8, 4) is 11.4 Å². The van der Waals surface area contributed by atoms with Crippen molar-refractivity contribution < 1.29 is 8.83 Å². The van der Waals surface area contributed by atoms with E-state index in [0.29, 0.717) is 0 Å². The molecule has 262 valence electrons. The number of nitrogens with zero attached hydrogens (tertiary/aromatic N) is 2. The van der Waals surface area contributed by atoms with Crippen LogP contribution in [0.1, 0.15) is 0 Å². The first kappa shape index (κ1) is 32.8. The second kappa shape index (κ2) is 12.7. The molecule has 0 saturated heterocycles. The molecule has 12 aromatic rings. The van der Waals surface area contributed by atoms with Crippen LogP contribution < -0.4 is 0 Å². The molecule has 4 heterocycles. The highest BCUT2D eigenvalue weighted by Gasteiger charge is 2.16. The van der Waals surface area contributed by atoms with E-state index in [1.54, 1.807) is 0 Å². The Bertz CT molecular complexity index is 3380. The smallest absolute Gasteiger partial charge is 0.135 e. The highest BCUT2D eigenvalue weighted by Crippen LogP contribution is 2.39. The van der Waals surface area contributed by atoms with E-state index >= 15 is 0 Å². The Morgan fingerprint density at radius 2 is 0.655 bits per heavy atom. The number of benzene rings is 8. The van der Waals surface area contributed by atoms with Crippen molar-refractivity contribution >= 4 is 135 Å². The number of furan rings is 2. The minimum absolute atomic E-state index is 0.896. The van der Waals surface area contributed by atoms with Crippen molar-refractivity contribution in [1.29, 1.82) is 0 Å². The maximum absolute atomic E-state index is 6.04. The zero-order valence-electron chi connectivity index (χ0n) is 28.9. The van der Waals surface area contributed by atoms with Gasteiger partial charge in [0.05, 0.1) is 22.1 Å². The summed E-state index contributed by atoms with van der Waals surface area (Å²) < 4.78 is 19.9. The molecule has 55 heavy (non-hydrogen) atoms. The normalized spacial score (nSPS) is 11.9. The molecule has 0 aliphatic rings. The molecule has 0 radical (unpaired) electrons. The van der Waals surface area contributed by atoms with Gasteiger partial charge in [0.1, 0.15) is 22.3 Å². The lowest BCUT2D eigenvalue weighted by Crippen LogP contribution is -1.93. The monoisotopic (exact) mass is 900 g/mol. The lowest BCUT2D eigenvalue weighted by atomic mass is 10.1. The van der Waals surface area contributed by atoms with Crippen LogP contribution in [0.2, 0.25) is 0 Å². The van der Waals surface area contributed by atoms with Crippen LogP contribution in [-0.2, 0) is 0 Å². The van der Waals surface area contributed by atoms with E-state index in [4.69, 9.17) is 8.83 Å². The summed E-state index contributed by atoms with van der Waals surface area (Å²) in [5.41, 5.74) is 10.7. The molecule has 0 fully saturated rings. The summed E-state index contributed by atoms with van der Waals surface area (Å²) in [6.07, 6.45) is 0. The van der Waals surface area contributed by atoms with E-state index in [-0.39, 0.29) is 0 Å². The minimum atomic E-state index is 0.896. The van der Waals surface area contributed by atoms with Crippen molar-refractivity contribution in [3.63, 3.8) is 0 Å². The molecule has 8 aromatic carbocycles. The Hall–Kier alpha value is -5.60. The number of halogens is 3. The summed E-state index contributed by atoms with van der Waals surface area (Å²) in [6.45, 7) is 0. The van der Waals surface area contributed by atoms with E-state index < -0.39 is 0 Å². The number of hydrogen-bond donors (Lipinski definition) is 0. The molecule has 0 spiro atoms. The summed E-state index contributed by atoms with van der Waals surface area (Å²) in [4.78, 5) is 0. The van der Waals surface area contributed by atoms with Crippen LogP contribution in [0.4, 0.5) is 0 Å². The van der Waals surface area contributed by atoms with Crippen LogP contribution in [-0.4, -0.2) is 9.13 Å². The predicted octanol–water partition coefficient (Wildman–Crippen LogP) is 15.7. The third-order valence-electron chi connectivity index (χ3n) is 10.6. The largest absolute Gasteiger partial charge is 0.456 e. The third-order valence-corrected chi connectivity index (χ3v) is 12.0. The zero-order chi connectivity index (χ0) is 36.8. The molecule has 0 aliphatic carbocycles. The van der Waals surface area contributed by atoms with Gasteiger partial charge in [0.15, 0.2) is 0 Å². The highest BCUT2D eigenvalue weighted by atomic mass is 79.9. The molecule has 0 atom stereocenters. The molecule has 0 bridgehead atoms. The zero-order valence-corrected chi connectivity index (χ0v) is 33.7. The van der Waals surface area contributed by atoms with Gasteiger partial charge in [-0.25, -0.2) is 0 Å². The Kier molecular flexibility index (Phi) is 7.60. The van der Waals surface area contributed by atoms with Gasteiger partial charge in [-0.15, -0.1) is 0 Å². The molecule has 4 nitrogen and oxygen atoms in total. The van der Waals surface area contributed by atoms with Gasteiger partial charge in [0.2, 0.25) is 0 Å². The lowest BCUT2D eigenvalue weighted by Gasteiger charge is -2.08. The summed E-state index contributed by atoms with van der Waals surface area (Å²) >= 11 is 10.8. The second-order valence-electron chi connectivity index (χ2n) is 13.7. The first-order valence-corrected chi connectivity index (χ1v) is 20.3. The van der Waals surface area contributed by atoms with Gasteiger partial charge in [-0.05, 0) is 109 Å². The minimum Gasteiger partial charge on any atom is -0.456 e. The highest BCUT2D eigenvalue weighted by molar-refractivity contribution is 9.11. The van der Waals surface area contributed by atoms with E-state index in [1.807, 2.05) is 24.3 Å². The standard InChI is InChI=1S/C24H12Br3NO.C24H15NO/c25-13-1-5-21-17(9-13)18-10-14(26)2-6-22(18)28(21)16-4-8-24-20(12-16)19-11-15(27)3-7-23(19)29-24;1-4-10-21-17(7-1)18-8-2-5-11-22(18)25(21)16-13-14-24-20(15-16)19-9-3-6-12-23(19)26-24/h1-12H;1-15H. The van der Waals surface area contributed by atoms with E-state index in [1.165, 1.54) is 43.6 Å². The lowest BCUT2D eigenvalue weighted by molar-refractivity contribution is 0.668. The number of para-hydroxylation sites is 3. The second-order valence-corrected chi connectivity index (χ2v) is 16.5. The number of aromatic nitrogens is 2. The van der Waals surface area contributed by atoms with Crippen molar-refractivity contribution in [3.05, 3.63) is 177 Å². The quantitative estimate of drug-likeness (QED) is 0.173. The molecule has 0 N–H and O–H groups in total. The maximum atomic E-state index is 6.04. The Morgan fingerprint density at radius 1 is 0.291 bits per heavy atom. The van der Waals surface area contributed by atoms with E-state index in [9.17, 15) is 0 Å². The summed E-state index contributed by atoms with van der Waals surface area (Å²) in [5.74, 6) is 0. The van der Waals surface area contributed by atoms with Gasteiger partial charge in [-0.3, -0.25) is 0 Å². The van der Waals surface area contributed by atoms with Crippen LogP contribution in [0, 0.1) is 0 Å². The first-order valence-electron chi connectivity index (χ1n) is 17.9. The van der Waals surface area contributed by atoms with Crippen LogP contribution >= 0.6 is 47.8 Å². The van der Waals surface area contributed by atoms with Gasteiger partial charge in [-0.2, -0.15) is 0 Å². The van der Waals surface area contributed by atoms with Crippen molar-refractivity contribution in [2.24, 2.45) is 0 Å². The summed E-state index contributed by atoms with van der Waals surface area (Å²) in [6, 6.07) is 57.3. The Morgan fingerprint density at radius 3 is 1.20 bits per heavy atom. The fraction of sp³-hybridized carbons (Fsp3) is 0. The van der Waals surface area contributed by atoms with E-state index in [2.05, 4.69) is 196 Å². The average molecular weight is 903 g/mol. The summed E-state index contributed by atoms with van der Waals surface area (Å²) in [5, 5.41) is 9.53. The molecular formula is C48H27Br3N2O2. The molecule has 7 heteroatoms. The van der Waals surface area contributed by atoms with Gasteiger partial charge in [-0.1, -0.05) is 102 Å². The summed E-state index contributed by atoms with van der Waals surface area (Å²) in [7, 11) is 0. The fourth-order valence-electron chi connectivity index (χ4n) is 8.18. The number of fused-ring (bicyclic) bond motifs is 12. The Balaban J connectivity index is 0.000000129. The topological polar surface area (TPSA) is 36.1 Å². The van der Waals surface area contributed by atoms with Gasteiger partial charge < -0.3 is 18.0 Å². The predicted molar refractivity (Wildman–Crippen MR) is 239 cm³/mol. The van der Waals surface area contributed by atoms with Crippen LogP contribution in [0.15, 0.2) is 186 Å². The first-order chi connectivity index (χ1) is 27.0. The fourth-order valence-corrected chi connectivity index (χ4v) is 9.26. The van der Waals surface area contributed by atoms with Crippen LogP contribution in [0.5, 0.6) is 0 Å². The van der Waals surface area contributed by atoms with Crippen molar-refractivity contribution in [2.45, 2.75) is 0 Å². The van der Waals surface area contributed by atoms with Gasteiger partial charge in [0, 0.05) is 67.9 Å². The SMILES string of the molecule is Brc1ccc2oc3ccc(-n4c5ccc(Br)cc5c5cc(Br)ccc54)cc3c2c1.c1ccc2c(c1)oc1ccc(-n3c4ccccc4c4ccccc43)cc12. The number of hydrogen-bond acceptors (Lipinski definition) is 2. The molecular weight excluding hydrogens is 876 g/mol. The molecule has 0 saturated carbocycles. The Labute approximate surface area is 339 Å². The maximum Gasteiger partial charge on any atom is 0.135 e. The molecule has 0 amide bonds. The third kappa shape index (κ3) is 5.29. The molecule has 0 aliphatic heterocycles. The van der Waals surface area contributed by atoms with Gasteiger partial charge >= 0.3 is 0 Å². The van der Waals surface area contributed by atoms with Crippen molar-refractivity contribution in [1.82, 2.24) is 9.13 Å². The van der Waals surface area contributed by atoms with Gasteiger partial charge in [0.25, 0.3) is 0 Å². The van der Waals surface area contributed by atoms with Crippen LogP contribution in [0.3, 0.4) is 0 Å². The van der Waals surface area contributed by atoms with Crippen LogP contribution in [0.25, 0.3) is 98.9 Å². The molecule has 12 rings (SSSR count). The molecule has 0 unspecified atom stereocenters. The number of rotatable bonds is 2.